The van der Waals surface area contributed by atoms with Crippen LogP contribution in [0.5, 0.6) is 0 Å². The molecule has 0 atom stereocenters. The van der Waals surface area contributed by atoms with Gasteiger partial charge in [-0.05, 0) is 6.92 Å². The van der Waals surface area contributed by atoms with Gasteiger partial charge in [-0.1, -0.05) is 23.9 Å². The van der Waals surface area contributed by atoms with Crippen molar-refractivity contribution in [2.24, 2.45) is 0 Å². The third-order valence-corrected chi connectivity index (χ3v) is 2.90. The first kappa shape index (κ1) is 10.2. The van der Waals surface area contributed by atoms with Gasteiger partial charge >= 0.3 is 0 Å². The summed E-state index contributed by atoms with van der Waals surface area (Å²) < 4.78 is 0. The highest BCUT2D eigenvalue weighted by Gasteiger charge is 2.15. The van der Waals surface area contributed by atoms with E-state index in [-0.39, 0.29) is 5.91 Å². The van der Waals surface area contributed by atoms with Gasteiger partial charge in [-0.25, -0.2) is 4.98 Å². The predicted octanol–water partition coefficient (Wildman–Crippen LogP) is 0.604. The molecule has 0 unspecified atom stereocenters. The van der Waals surface area contributed by atoms with E-state index < -0.39 is 0 Å². The van der Waals surface area contributed by atoms with E-state index in [0.717, 1.165) is 18.9 Å². The van der Waals surface area contributed by atoms with Crippen molar-refractivity contribution in [2.45, 2.75) is 12.1 Å². The molecule has 1 aliphatic heterocycles. The summed E-state index contributed by atoms with van der Waals surface area (Å²) in [6, 6.07) is 0. The molecule has 6 heteroatoms. The van der Waals surface area contributed by atoms with Gasteiger partial charge < -0.3 is 4.90 Å². The molecule has 0 aliphatic carbocycles. The number of nitrogens with zero attached hydrogens (tertiary/aromatic N) is 3. The fourth-order valence-electron chi connectivity index (χ4n) is 1.29. The molecule has 80 valence electrons. The standard InChI is InChI=1S/C9H12N4OS/c1-7-10-9(12-11-7)15-6-8(14)13-4-2-3-5-13/h2-3H,4-6H2,1H3,(H,10,11,12). The van der Waals surface area contributed by atoms with E-state index in [4.69, 9.17) is 0 Å². The zero-order chi connectivity index (χ0) is 10.7. The van der Waals surface area contributed by atoms with Gasteiger partial charge in [-0.3, -0.25) is 9.89 Å². The van der Waals surface area contributed by atoms with E-state index >= 15 is 0 Å². The maximum atomic E-state index is 11.6. The second-order valence-electron chi connectivity index (χ2n) is 3.26. The highest BCUT2D eigenvalue weighted by molar-refractivity contribution is 7.99. The summed E-state index contributed by atoms with van der Waals surface area (Å²) in [7, 11) is 0. The molecule has 0 radical (unpaired) electrons. The number of aryl methyl sites for hydroxylation is 1. The van der Waals surface area contributed by atoms with Gasteiger partial charge in [0, 0.05) is 13.1 Å². The number of H-pyrrole nitrogens is 1. The number of carbonyl (C=O) groups excluding carboxylic acids is 1. The van der Waals surface area contributed by atoms with Crippen LogP contribution in [-0.2, 0) is 4.79 Å². The Morgan fingerprint density at radius 2 is 2.33 bits per heavy atom. The molecule has 1 aliphatic rings. The molecular formula is C9H12N4OS. The lowest BCUT2D eigenvalue weighted by Gasteiger charge is -2.13. The highest BCUT2D eigenvalue weighted by Crippen LogP contribution is 2.13. The maximum absolute atomic E-state index is 11.6. The summed E-state index contributed by atoms with van der Waals surface area (Å²) in [5.74, 6) is 1.30. The van der Waals surface area contributed by atoms with Gasteiger partial charge in [0.05, 0.1) is 5.75 Å². The van der Waals surface area contributed by atoms with Crippen molar-refractivity contribution in [1.82, 2.24) is 20.1 Å². The Balaban J connectivity index is 1.80. The van der Waals surface area contributed by atoms with Crippen molar-refractivity contribution in [3.8, 4) is 0 Å². The lowest BCUT2D eigenvalue weighted by Crippen LogP contribution is -2.29. The third-order valence-electron chi connectivity index (χ3n) is 2.07. The molecule has 15 heavy (non-hydrogen) atoms. The number of aromatic nitrogens is 3. The first-order valence-corrected chi connectivity index (χ1v) is 5.69. The molecule has 0 saturated heterocycles. The predicted molar refractivity (Wildman–Crippen MR) is 57.6 cm³/mol. The van der Waals surface area contributed by atoms with Gasteiger partial charge in [-0.2, -0.15) is 0 Å². The Morgan fingerprint density at radius 3 is 2.93 bits per heavy atom. The van der Waals surface area contributed by atoms with Crippen molar-refractivity contribution in [3.05, 3.63) is 18.0 Å². The quantitative estimate of drug-likeness (QED) is 0.603. The number of carbonyl (C=O) groups is 1. The second-order valence-corrected chi connectivity index (χ2v) is 4.20. The van der Waals surface area contributed by atoms with Crippen LogP contribution in [0.2, 0.25) is 0 Å². The summed E-state index contributed by atoms with van der Waals surface area (Å²) in [5, 5.41) is 7.33. The summed E-state index contributed by atoms with van der Waals surface area (Å²) >= 11 is 1.36. The SMILES string of the molecule is Cc1nc(SCC(=O)N2CC=CC2)n[nH]1. The van der Waals surface area contributed by atoms with Crippen LogP contribution in [0.4, 0.5) is 0 Å². The van der Waals surface area contributed by atoms with Crippen molar-refractivity contribution in [1.29, 1.82) is 0 Å². The lowest BCUT2D eigenvalue weighted by atomic mass is 10.5. The monoisotopic (exact) mass is 224 g/mol. The van der Waals surface area contributed by atoms with Gasteiger partial charge in [0.2, 0.25) is 11.1 Å². The number of hydrogen-bond donors (Lipinski definition) is 1. The van der Waals surface area contributed by atoms with Crippen LogP contribution in [0, 0.1) is 6.92 Å². The Hall–Kier alpha value is -1.30. The second kappa shape index (κ2) is 4.48. The van der Waals surface area contributed by atoms with E-state index in [1.165, 1.54) is 11.8 Å². The third kappa shape index (κ3) is 2.59. The van der Waals surface area contributed by atoms with Crippen LogP contribution in [0.3, 0.4) is 0 Å². The Morgan fingerprint density at radius 1 is 1.60 bits per heavy atom. The fourth-order valence-corrected chi connectivity index (χ4v) is 2.03. The molecule has 0 saturated carbocycles. The van der Waals surface area contributed by atoms with Crippen LogP contribution in [0.1, 0.15) is 5.82 Å². The maximum Gasteiger partial charge on any atom is 0.233 e. The van der Waals surface area contributed by atoms with Crippen LogP contribution in [0.15, 0.2) is 17.3 Å². The number of hydrogen-bond acceptors (Lipinski definition) is 4. The molecule has 2 rings (SSSR count). The van der Waals surface area contributed by atoms with Gasteiger partial charge in [0.25, 0.3) is 0 Å². The average Bonchev–Trinajstić information content (AvgIpc) is 2.84. The van der Waals surface area contributed by atoms with Crippen LogP contribution >= 0.6 is 11.8 Å². The summed E-state index contributed by atoms with van der Waals surface area (Å²) in [5.41, 5.74) is 0. The number of nitrogens with one attached hydrogen (secondary N) is 1. The number of amides is 1. The van der Waals surface area contributed by atoms with Crippen LogP contribution in [-0.4, -0.2) is 44.8 Å². The zero-order valence-electron chi connectivity index (χ0n) is 8.43. The number of thioether (sulfide) groups is 1. The Bertz CT molecular complexity index is 379. The highest BCUT2D eigenvalue weighted by atomic mass is 32.2. The van der Waals surface area contributed by atoms with Gasteiger partial charge in [0.1, 0.15) is 5.82 Å². The minimum absolute atomic E-state index is 0.132. The smallest absolute Gasteiger partial charge is 0.233 e. The van der Waals surface area contributed by atoms with Crippen molar-refractivity contribution < 1.29 is 4.79 Å². The van der Waals surface area contributed by atoms with E-state index in [1.54, 1.807) is 4.90 Å². The first-order valence-electron chi connectivity index (χ1n) is 4.70. The molecule has 0 spiro atoms. The average molecular weight is 224 g/mol. The largest absolute Gasteiger partial charge is 0.335 e. The molecule has 1 aromatic rings. The van der Waals surface area contributed by atoms with E-state index in [1.807, 2.05) is 19.1 Å². The summed E-state index contributed by atoms with van der Waals surface area (Å²) in [6.45, 7) is 3.29. The molecular weight excluding hydrogens is 212 g/mol. The van der Waals surface area contributed by atoms with Crippen molar-refractivity contribution in [3.63, 3.8) is 0 Å². The van der Waals surface area contributed by atoms with Crippen molar-refractivity contribution >= 4 is 17.7 Å². The molecule has 1 amide bonds. The van der Waals surface area contributed by atoms with Crippen molar-refractivity contribution in [2.75, 3.05) is 18.8 Å². The number of rotatable bonds is 3. The van der Waals surface area contributed by atoms with E-state index in [9.17, 15) is 4.79 Å². The van der Waals surface area contributed by atoms with Gasteiger partial charge in [0.15, 0.2) is 0 Å². The molecule has 1 aromatic heterocycles. The minimum Gasteiger partial charge on any atom is -0.335 e. The molecule has 0 fully saturated rings. The summed E-state index contributed by atoms with van der Waals surface area (Å²) in [4.78, 5) is 17.5. The Labute approximate surface area is 92.0 Å². The normalized spacial score (nSPS) is 14.9. The molecule has 1 N–H and O–H groups in total. The first-order chi connectivity index (χ1) is 7.25. The fraction of sp³-hybridized carbons (Fsp3) is 0.444. The molecule has 0 bridgehead atoms. The van der Waals surface area contributed by atoms with E-state index in [0.29, 0.717) is 10.9 Å². The molecule has 5 nitrogen and oxygen atoms in total. The molecule has 0 aromatic carbocycles. The molecule has 2 heterocycles. The topological polar surface area (TPSA) is 61.9 Å². The van der Waals surface area contributed by atoms with Crippen LogP contribution in [0.25, 0.3) is 0 Å². The van der Waals surface area contributed by atoms with Gasteiger partial charge in [-0.15, -0.1) is 5.10 Å². The minimum atomic E-state index is 0.132. The van der Waals surface area contributed by atoms with E-state index in [2.05, 4.69) is 15.2 Å². The Kier molecular flexibility index (Phi) is 3.05. The van der Waals surface area contributed by atoms with Crippen LogP contribution < -0.4 is 0 Å². The zero-order valence-corrected chi connectivity index (χ0v) is 9.25. The summed E-state index contributed by atoms with van der Waals surface area (Å²) in [6.07, 6.45) is 4.00. The lowest BCUT2D eigenvalue weighted by molar-refractivity contribution is -0.127. The number of aromatic amines is 1.